The second kappa shape index (κ2) is 7.25. The van der Waals surface area contributed by atoms with Crippen molar-refractivity contribution >= 4 is 6.01 Å². The number of rotatable bonds is 8. The van der Waals surface area contributed by atoms with Crippen LogP contribution in [-0.4, -0.2) is 23.3 Å². The summed E-state index contributed by atoms with van der Waals surface area (Å²) >= 11 is 0. The Morgan fingerprint density at radius 2 is 1.90 bits per heavy atom. The summed E-state index contributed by atoms with van der Waals surface area (Å²) in [6.45, 7) is 10.6. The average Bonchev–Trinajstić information content (AvgIpc) is 3.05. The molecule has 0 aromatic carbocycles. The van der Waals surface area contributed by atoms with Gasteiger partial charge in [-0.3, -0.25) is 0 Å². The highest BCUT2D eigenvalue weighted by atomic mass is 16.4. The summed E-state index contributed by atoms with van der Waals surface area (Å²) in [5, 5.41) is 14.9. The van der Waals surface area contributed by atoms with Crippen molar-refractivity contribution in [3.05, 3.63) is 5.89 Å². The van der Waals surface area contributed by atoms with Crippen LogP contribution in [0.25, 0.3) is 0 Å². The molecule has 1 heterocycles. The van der Waals surface area contributed by atoms with E-state index in [0.29, 0.717) is 17.3 Å². The average molecular weight is 294 g/mol. The van der Waals surface area contributed by atoms with Crippen molar-refractivity contribution in [1.82, 2.24) is 15.5 Å². The van der Waals surface area contributed by atoms with Gasteiger partial charge in [-0.25, -0.2) is 0 Å². The molecule has 1 aliphatic carbocycles. The van der Waals surface area contributed by atoms with Crippen molar-refractivity contribution in [3.8, 4) is 0 Å². The fourth-order valence-corrected chi connectivity index (χ4v) is 3.58. The van der Waals surface area contributed by atoms with Crippen LogP contribution in [0.4, 0.5) is 6.01 Å². The van der Waals surface area contributed by atoms with Crippen LogP contribution in [0, 0.1) is 11.3 Å². The number of hydrogen-bond acceptors (Lipinski definition) is 5. The first kappa shape index (κ1) is 16.3. The second-order valence-electron chi connectivity index (χ2n) is 6.88. The monoisotopic (exact) mass is 294 g/mol. The molecule has 1 aromatic heterocycles. The lowest BCUT2D eigenvalue weighted by molar-refractivity contribution is 0.250. The summed E-state index contributed by atoms with van der Waals surface area (Å²) < 4.78 is 5.71. The van der Waals surface area contributed by atoms with E-state index in [1.807, 2.05) is 6.92 Å². The largest absolute Gasteiger partial charge is 0.406 e. The minimum Gasteiger partial charge on any atom is -0.406 e. The zero-order chi connectivity index (χ0) is 15.3. The van der Waals surface area contributed by atoms with Crippen molar-refractivity contribution < 1.29 is 4.42 Å². The number of nitrogens with zero attached hydrogens (tertiary/aromatic N) is 2. The van der Waals surface area contributed by atoms with E-state index in [1.165, 1.54) is 32.1 Å². The molecule has 1 fully saturated rings. The molecule has 21 heavy (non-hydrogen) atoms. The molecule has 0 bridgehead atoms. The van der Waals surface area contributed by atoms with Gasteiger partial charge < -0.3 is 15.1 Å². The Labute approximate surface area is 128 Å². The van der Waals surface area contributed by atoms with Crippen molar-refractivity contribution in [2.45, 2.75) is 65.8 Å². The van der Waals surface area contributed by atoms with Crippen LogP contribution in [0.15, 0.2) is 4.42 Å². The molecule has 0 radical (unpaired) electrons. The molecule has 0 spiro atoms. The van der Waals surface area contributed by atoms with Gasteiger partial charge in [-0.05, 0) is 44.1 Å². The maximum Gasteiger partial charge on any atom is 0.315 e. The highest BCUT2D eigenvalue weighted by Gasteiger charge is 2.34. The Kier molecular flexibility index (Phi) is 5.62. The van der Waals surface area contributed by atoms with E-state index in [9.17, 15) is 0 Å². The van der Waals surface area contributed by atoms with Crippen LogP contribution >= 0.6 is 0 Å². The van der Waals surface area contributed by atoms with Gasteiger partial charge in [-0.1, -0.05) is 38.7 Å². The summed E-state index contributed by atoms with van der Waals surface area (Å²) in [6, 6.07) is 0.666. The first-order valence-corrected chi connectivity index (χ1v) is 8.35. The molecular weight excluding hydrogens is 264 g/mol. The summed E-state index contributed by atoms with van der Waals surface area (Å²) in [5.41, 5.74) is 0.413. The van der Waals surface area contributed by atoms with Gasteiger partial charge in [0.25, 0.3) is 0 Å². The third-order valence-electron chi connectivity index (χ3n) is 4.44. The van der Waals surface area contributed by atoms with Crippen molar-refractivity contribution in [2.24, 2.45) is 11.3 Å². The molecular formula is C16H30N4O. The van der Waals surface area contributed by atoms with Gasteiger partial charge in [0, 0.05) is 6.54 Å². The number of hydrogen-bond donors (Lipinski definition) is 2. The molecule has 1 aliphatic rings. The van der Waals surface area contributed by atoms with Crippen LogP contribution in [0.2, 0.25) is 0 Å². The first-order chi connectivity index (χ1) is 10.0. The molecule has 1 unspecified atom stereocenters. The Morgan fingerprint density at radius 3 is 2.52 bits per heavy atom. The zero-order valence-corrected chi connectivity index (χ0v) is 13.9. The normalized spacial score (nSPS) is 19.1. The predicted octanol–water partition coefficient (Wildman–Crippen LogP) is 3.76. The molecule has 120 valence electrons. The standard InChI is InChI=1S/C16H30N4O/c1-5-17-13(4)14-19-20-15(21-14)18-11-16(10-12(2)3)8-6-7-9-16/h12-13,17H,5-11H2,1-4H3,(H,18,20). The fraction of sp³-hybridized carbons (Fsp3) is 0.875. The van der Waals surface area contributed by atoms with E-state index < -0.39 is 0 Å². The summed E-state index contributed by atoms with van der Waals surface area (Å²) in [5.74, 6) is 1.39. The van der Waals surface area contributed by atoms with Crippen LogP contribution in [0.3, 0.4) is 0 Å². The Balaban J connectivity index is 1.92. The number of aromatic nitrogens is 2. The molecule has 0 saturated heterocycles. The lowest BCUT2D eigenvalue weighted by Gasteiger charge is -2.30. The minimum absolute atomic E-state index is 0.106. The quantitative estimate of drug-likeness (QED) is 0.764. The van der Waals surface area contributed by atoms with Gasteiger partial charge in [0.05, 0.1) is 6.04 Å². The summed E-state index contributed by atoms with van der Waals surface area (Å²) in [4.78, 5) is 0. The molecule has 5 nitrogen and oxygen atoms in total. The molecule has 2 N–H and O–H groups in total. The highest BCUT2D eigenvalue weighted by molar-refractivity contribution is 5.19. The minimum atomic E-state index is 0.106. The predicted molar refractivity (Wildman–Crippen MR) is 85.2 cm³/mol. The Bertz CT molecular complexity index is 424. The van der Waals surface area contributed by atoms with Crippen LogP contribution < -0.4 is 10.6 Å². The van der Waals surface area contributed by atoms with E-state index in [-0.39, 0.29) is 6.04 Å². The highest BCUT2D eigenvalue weighted by Crippen LogP contribution is 2.43. The van der Waals surface area contributed by atoms with Gasteiger partial charge in [-0.2, -0.15) is 0 Å². The lowest BCUT2D eigenvalue weighted by Crippen LogP contribution is -2.28. The molecule has 2 rings (SSSR count). The molecule has 1 saturated carbocycles. The third kappa shape index (κ3) is 4.43. The van der Waals surface area contributed by atoms with E-state index in [1.54, 1.807) is 0 Å². The summed E-state index contributed by atoms with van der Waals surface area (Å²) in [6.07, 6.45) is 6.59. The SMILES string of the molecule is CCNC(C)c1nnc(NCC2(CC(C)C)CCCC2)o1. The Hall–Kier alpha value is -1.10. The molecule has 1 atom stereocenters. The third-order valence-corrected chi connectivity index (χ3v) is 4.44. The van der Waals surface area contributed by atoms with Gasteiger partial charge in [0.2, 0.25) is 5.89 Å². The van der Waals surface area contributed by atoms with Gasteiger partial charge in [-0.15, -0.1) is 5.10 Å². The second-order valence-corrected chi connectivity index (χ2v) is 6.88. The molecule has 1 aromatic rings. The van der Waals surface area contributed by atoms with E-state index in [2.05, 4.69) is 41.6 Å². The zero-order valence-electron chi connectivity index (χ0n) is 13.9. The van der Waals surface area contributed by atoms with Crippen LogP contribution in [0.1, 0.15) is 71.7 Å². The smallest absolute Gasteiger partial charge is 0.315 e. The van der Waals surface area contributed by atoms with Crippen LogP contribution in [0.5, 0.6) is 0 Å². The van der Waals surface area contributed by atoms with E-state index in [0.717, 1.165) is 19.0 Å². The number of nitrogens with one attached hydrogen (secondary N) is 2. The van der Waals surface area contributed by atoms with Crippen molar-refractivity contribution in [2.75, 3.05) is 18.4 Å². The van der Waals surface area contributed by atoms with Gasteiger partial charge >= 0.3 is 6.01 Å². The van der Waals surface area contributed by atoms with Crippen molar-refractivity contribution in [3.63, 3.8) is 0 Å². The molecule has 0 aliphatic heterocycles. The Morgan fingerprint density at radius 1 is 1.19 bits per heavy atom. The molecule has 0 amide bonds. The maximum absolute atomic E-state index is 5.71. The van der Waals surface area contributed by atoms with E-state index in [4.69, 9.17) is 4.42 Å². The lowest BCUT2D eigenvalue weighted by atomic mass is 9.78. The molecule has 5 heteroatoms. The first-order valence-electron chi connectivity index (χ1n) is 8.35. The van der Waals surface area contributed by atoms with Crippen molar-refractivity contribution in [1.29, 1.82) is 0 Å². The number of anilines is 1. The van der Waals surface area contributed by atoms with Gasteiger partial charge in [0.1, 0.15) is 0 Å². The van der Waals surface area contributed by atoms with Gasteiger partial charge in [0.15, 0.2) is 0 Å². The maximum atomic E-state index is 5.71. The fourth-order valence-electron chi connectivity index (χ4n) is 3.58. The topological polar surface area (TPSA) is 63.0 Å². The summed E-state index contributed by atoms with van der Waals surface area (Å²) in [7, 11) is 0. The van der Waals surface area contributed by atoms with Crippen LogP contribution in [-0.2, 0) is 0 Å². The van der Waals surface area contributed by atoms with E-state index >= 15 is 0 Å².